The first-order chi connectivity index (χ1) is 10.6. The van der Waals surface area contributed by atoms with Gasteiger partial charge in [0.15, 0.2) is 0 Å². The second kappa shape index (κ2) is 7.47. The van der Waals surface area contributed by atoms with Gasteiger partial charge in [-0.3, -0.25) is 4.79 Å². The van der Waals surface area contributed by atoms with Crippen LogP contribution in [0.1, 0.15) is 10.4 Å². The van der Waals surface area contributed by atoms with E-state index in [1.807, 2.05) is 30.3 Å². The number of rotatable bonds is 5. The van der Waals surface area contributed by atoms with Gasteiger partial charge in [0.05, 0.1) is 29.9 Å². The molecule has 0 bridgehead atoms. The minimum atomic E-state index is -0.491. The summed E-state index contributed by atoms with van der Waals surface area (Å²) in [6.45, 7) is 0.0861. The SMILES string of the molecule is COC(=O)c1ccc(Cl)c(NC(=O)CNc2ccccc2)c1. The number of carbonyl (C=O) groups excluding carboxylic acids is 2. The number of ether oxygens (including phenoxy) is 1. The summed E-state index contributed by atoms with van der Waals surface area (Å²) >= 11 is 6.02. The molecule has 0 saturated carbocycles. The van der Waals surface area contributed by atoms with Crippen LogP contribution < -0.4 is 10.6 Å². The lowest BCUT2D eigenvalue weighted by Gasteiger charge is -2.10. The molecule has 0 spiro atoms. The van der Waals surface area contributed by atoms with Crippen molar-refractivity contribution in [2.45, 2.75) is 0 Å². The zero-order valence-electron chi connectivity index (χ0n) is 11.9. The van der Waals surface area contributed by atoms with Crippen molar-refractivity contribution >= 4 is 34.9 Å². The Kier molecular flexibility index (Phi) is 5.38. The minimum absolute atomic E-state index is 0.0861. The largest absolute Gasteiger partial charge is 0.465 e. The van der Waals surface area contributed by atoms with Gasteiger partial charge in [-0.2, -0.15) is 0 Å². The van der Waals surface area contributed by atoms with Crippen LogP contribution in [-0.2, 0) is 9.53 Å². The third-order valence-corrected chi connectivity index (χ3v) is 3.22. The molecule has 6 heteroatoms. The number of carbonyl (C=O) groups is 2. The molecule has 1 amide bonds. The number of para-hydroxylation sites is 1. The maximum atomic E-state index is 11.9. The molecule has 0 fully saturated rings. The molecule has 0 unspecified atom stereocenters. The van der Waals surface area contributed by atoms with E-state index in [1.54, 1.807) is 0 Å². The van der Waals surface area contributed by atoms with Crippen LogP contribution in [0.4, 0.5) is 11.4 Å². The summed E-state index contributed by atoms with van der Waals surface area (Å²) in [6.07, 6.45) is 0. The first kappa shape index (κ1) is 15.9. The second-order valence-corrected chi connectivity index (χ2v) is 4.86. The van der Waals surface area contributed by atoms with E-state index in [0.29, 0.717) is 16.3 Å². The van der Waals surface area contributed by atoms with Gasteiger partial charge in [-0.15, -0.1) is 0 Å². The fourth-order valence-corrected chi connectivity index (χ4v) is 1.96. The number of nitrogens with one attached hydrogen (secondary N) is 2. The Morgan fingerprint density at radius 3 is 2.55 bits per heavy atom. The van der Waals surface area contributed by atoms with Gasteiger partial charge in [-0.25, -0.2) is 4.79 Å². The van der Waals surface area contributed by atoms with Gasteiger partial charge in [0, 0.05) is 5.69 Å². The Hall–Kier alpha value is -2.53. The molecule has 2 aromatic carbocycles. The lowest BCUT2D eigenvalue weighted by molar-refractivity contribution is -0.114. The molecule has 0 aliphatic rings. The standard InChI is InChI=1S/C16H15ClN2O3/c1-22-16(21)11-7-8-13(17)14(9-11)19-15(20)10-18-12-5-3-2-4-6-12/h2-9,18H,10H2,1H3,(H,19,20). The quantitative estimate of drug-likeness (QED) is 0.831. The molecule has 114 valence electrons. The smallest absolute Gasteiger partial charge is 0.337 e. The monoisotopic (exact) mass is 318 g/mol. The normalized spacial score (nSPS) is 9.91. The zero-order chi connectivity index (χ0) is 15.9. The summed E-state index contributed by atoms with van der Waals surface area (Å²) in [5, 5.41) is 5.99. The predicted octanol–water partition coefficient (Wildman–Crippen LogP) is 3.18. The van der Waals surface area contributed by atoms with Crippen molar-refractivity contribution in [2.75, 3.05) is 24.3 Å². The fraction of sp³-hybridized carbons (Fsp3) is 0.125. The zero-order valence-corrected chi connectivity index (χ0v) is 12.7. The van der Waals surface area contributed by atoms with Gasteiger partial charge in [0.25, 0.3) is 0 Å². The number of anilines is 2. The summed E-state index contributed by atoms with van der Waals surface area (Å²) < 4.78 is 4.63. The predicted molar refractivity (Wildman–Crippen MR) is 86.4 cm³/mol. The van der Waals surface area contributed by atoms with E-state index in [-0.39, 0.29) is 12.5 Å². The average Bonchev–Trinajstić information content (AvgIpc) is 2.55. The van der Waals surface area contributed by atoms with E-state index in [1.165, 1.54) is 25.3 Å². The summed E-state index contributed by atoms with van der Waals surface area (Å²) in [5.41, 5.74) is 1.52. The second-order valence-electron chi connectivity index (χ2n) is 4.45. The van der Waals surface area contributed by atoms with Gasteiger partial charge >= 0.3 is 5.97 Å². The highest BCUT2D eigenvalue weighted by Crippen LogP contribution is 2.23. The first-order valence-electron chi connectivity index (χ1n) is 6.57. The van der Waals surface area contributed by atoms with Crippen molar-refractivity contribution in [1.29, 1.82) is 0 Å². The Labute approximate surface area is 133 Å². The maximum absolute atomic E-state index is 11.9. The molecule has 2 rings (SSSR count). The van der Waals surface area contributed by atoms with Crippen LogP contribution in [-0.4, -0.2) is 25.5 Å². The molecular weight excluding hydrogens is 304 g/mol. The van der Waals surface area contributed by atoms with Crippen LogP contribution in [0, 0.1) is 0 Å². The van der Waals surface area contributed by atoms with Crippen molar-refractivity contribution in [3.63, 3.8) is 0 Å². The molecule has 0 heterocycles. The van der Waals surface area contributed by atoms with E-state index in [2.05, 4.69) is 15.4 Å². The lowest BCUT2D eigenvalue weighted by atomic mass is 10.2. The van der Waals surface area contributed by atoms with Crippen LogP contribution in [0.5, 0.6) is 0 Å². The van der Waals surface area contributed by atoms with E-state index in [4.69, 9.17) is 11.6 Å². The van der Waals surface area contributed by atoms with E-state index >= 15 is 0 Å². The Morgan fingerprint density at radius 2 is 1.86 bits per heavy atom. The molecule has 0 atom stereocenters. The van der Waals surface area contributed by atoms with E-state index < -0.39 is 5.97 Å². The molecule has 0 aliphatic heterocycles. The van der Waals surface area contributed by atoms with E-state index in [9.17, 15) is 9.59 Å². The van der Waals surface area contributed by atoms with Crippen LogP contribution in [0.25, 0.3) is 0 Å². The van der Waals surface area contributed by atoms with Gasteiger partial charge in [0.1, 0.15) is 0 Å². The fourth-order valence-electron chi connectivity index (χ4n) is 1.80. The summed E-state index contributed by atoms with van der Waals surface area (Å²) in [7, 11) is 1.29. The number of halogens is 1. The Balaban J connectivity index is 2.00. The molecular formula is C16H15ClN2O3. The Morgan fingerprint density at radius 1 is 1.14 bits per heavy atom. The van der Waals surface area contributed by atoms with E-state index in [0.717, 1.165) is 5.69 Å². The third-order valence-electron chi connectivity index (χ3n) is 2.89. The van der Waals surface area contributed by atoms with Crippen LogP contribution in [0.3, 0.4) is 0 Å². The molecule has 2 aromatic rings. The highest BCUT2D eigenvalue weighted by atomic mass is 35.5. The number of amides is 1. The maximum Gasteiger partial charge on any atom is 0.337 e. The van der Waals surface area contributed by atoms with Gasteiger partial charge in [-0.05, 0) is 30.3 Å². The molecule has 22 heavy (non-hydrogen) atoms. The van der Waals surface area contributed by atoms with Crippen molar-refractivity contribution in [3.8, 4) is 0 Å². The molecule has 0 saturated heterocycles. The van der Waals surface area contributed by atoms with Crippen molar-refractivity contribution in [1.82, 2.24) is 0 Å². The topological polar surface area (TPSA) is 67.4 Å². The van der Waals surface area contributed by atoms with Crippen molar-refractivity contribution in [2.24, 2.45) is 0 Å². The number of methoxy groups -OCH3 is 1. The third kappa shape index (κ3) is 4.23. The van der Waals surface area contributed by atoms with Gasteiger partial charge in [-0.1, -0.05) is 29.8 Å². The van der Waals surface area contributed by atoms with Crippen LogP contribution in [0.15, 0.2) is 48.5 Å². The lowest BCUT2D eigenvalue weighted by Crippen LogP contribution is -2.22. The summed E-state index contributed by atoms with van der Waals surface area (Å²) in [5.74, 6) is -0.762. The number of hydrogen-bond acceptors (Lipinski definition) is 4. The highest BCUT2D eigenvalue weighted by molar-refractivity contribution is 6.33. The highest BCUT2D eigenvalue weighted by Gasteiger charge is 2.11. The molecule has 0 aliphatic carbocycles. The summed E-state index contributed by atoms with van der Waals surface area (Å²) in [6, 6.07) is 13.9. The van der Waals surface area contributed by atoms with Gasteiger partial charge in [0.2, 0.25) is 5.91 Å². The molecule has 0 aromatic heterocycles. The van der Waals surface area contributed by atoms with Crippen molar-refractivity contribution < 1.29 is 14.3 Å². The molecule has 5 nitrogen and oxygen atoms in total. The van der Waals surface area contributed by atoms with Crippen LogP contribution in [0.2, 0.25) is 5.02 Å². The summed E-state index contributed by atoms with van der Waals surface area (Å²) in [4.78, 5) is 23.4. The molecule has 0 radical (unpaired) electrons. The number of hydrogen-bond donors (Lipinski definition) is 2. The number of benzene rings is 2. The van der Waals surface area contributed by atoms with Crippen LogP contribution >= 0.6 is 11.6 Å². The Bertz CT molecular complexity index is 674. The minimum Gasteiger partial charge on any atom is -0.465 e. The number of esters is 1. The van der Waals surface area contributed by atoms with Crippen molar-refractivity contribution in [3.05, 3.63) is 59.1 Å². The molecule has 2 N–H and O–H groups in total. The van der Waals surface area contributed by atoms with Gasteiger partial charge < -0.3 is 15.4 Å². The average molecular weight is 319 g/mol. The first-order valence-corrected chi connectivity index (χ1v) is 6.94.